The van der Waals surface area contributed by atoms with E-state index in [0.717, 1.165) is 56.7 Å². The molecule has 0 aliphatic rings. The van der Waals surface area contributed by atoms with Crippen molar-refractivity contribution in [1.82, 2.24) is 14.5 Å². The number of carboxylic acids is 1. The highest BCUT2D eigenvalue weighted by atomic mass is 16.5. The lowest BCUT2D eigenvalue weighted by Gasteiger charge is -2.22. The number of nitrogens with zero attached hydrogens (tertiary/aromatic N) is 3. The third-order valence-electron chi connectivity index (χ3n) is 7.99. The van der Waals surface area contributed by atoms with Crippen LogP contribution in [0.1, 0.15) is 55.8 Å². The molecule has 3 aromatic heterocycles. The first-order chi connectivity index (χ1) is 21.0. The Hall–Kier alpha value is -4.65. The van der Waals surface area contributed by atoms with E-state index in [1.807, 2.05) is 49.6 Å². The van der Waals surface area contributed by atoms with E-state index >= 15 is 0 Å². The second-order valence-electron chi connectivity index (χ2n) is 12.6. The number of rotatable bonds is 12. The van der Waals surface area contributed by atoms with Crippen molar-refractivity contribution in [2.24, 2.45) is 11.3 Å². The Morgan fingerprint density at radius 1 is 0.955 bits per heavy atom. The summed E-state index contributed by atoms with van der Waals surface area (Å²) in [7, 11) is 1.61. The van der Waals surface area contributed by atoms with Crippen molar-refractivity contribution in [3.8, 4) is 22.8 Å². The largest absolute Gasteiger partial charge is 0.487 e. The number of carboxylic acid groups (broad SMARTS) is 1. The molecule has 0 aliphatic heterocycles. The second-order valence-corrected chi connectivity index (χ2v) is 12.6. The van der Waals surface area contributed by atoms with Gasteiger partial charge in [-0.2, -0.15) is 0 Å². The number of benzene rings is 2. The number of aliphatic carboxylic acids is 1. The van der Waals surface area contributed by atoms with Crippen molar-refractivity contribution in [2.75, 3.05) is 7.11 Å². The zero-order valence-electron chi connectivity index (χ0n) is 26.4. The van der Waals surface area contributed by atoms with Crippen molar-refractivity contribution < 1.29 is 19.4 Å². The Bertz CT molecular complexity index is 1740. The van der Waals surface area contributed by atoms with Gasteiger partial charge in [0.1, 0.15) is 12.4 Å². The van der Waals surface area contributed by atoms with Crippen LogP contribution in [0.25, 0.3) is 22.0 Å². The van der Waals surface area contributed by atoms with Gasteiger partial charge in [-0.05, 0) is 85.7 Å². The predicted molar refractivity (Wildman–Crippen MR) is 174 cm³/mol. The molecular formula is C37H41N3O4. The number of ether oxygens (including phenoxy) is 2. The highest BCUT2D eigenvalue weighted by Crippen LogP contribution is 2.36. The average Bonchev–Trinajstić information content (AvgIpc) is 3.27. The lowest BCUT2D eigenvalue weighted by atomic mass is 9.85. The topological polar surface area (TPSA) is 86.5 Å². The molecule has 0 spiro atoms. The Labute approximate surface area is 259 Å². The van der Waals surface area contributed by atoms with E-state index in [4.69, 9.17) is 9.47 Å². The van der Waals surface area contributed by atoms with Gasteiger partial charge < -0.3 is 19.1 Å². The molecule has 7 nitrogen and oxygen atoms in total. The minimum atomic E-state index is -0.931. The molecule has 7 heteroatoms. The fourth-order valence-corrected chi connectivity index (χ4v) is 5.46. The van der Waals surface area contributed by atoms with Crippen LogP contribution in [0.2, 0.25) is 0 Å². The van der Waals surface area contributed by atoms with Crippen LogP contribution in [0.4, 0.5) is 0 Å². The molecule has 5 aromatic rings. The lowest BCUT2D eigenvalue weighted by Crippen LogP contribution is -2.28. The number of methoxy groups -OCH3 is 1. The van der Waals surface area contributed by atoms with Crippen LogP contribution in [0.15, 0.2) is 79.1 Å². The van der Waals surface area contributed by atoms with Gasteiger partial charge in [-0.25, -0.2) is 4.98 Å². The van der Waals surface area contributed by atoms with E-state index in [1.165, 1.54) is 5.56 Å². The Morgan fingerprint density at radius 3 is 2.32 bits per heavy atom. The van der Waals surface area contributed by atoms with Crippen LogP contribution in [-0.2, 0) is 30.8 Å². The third-order valence-corrected chi connectivity index (χ3v) is 7.99. The van der Waals surface area contributed by atoms with Crippen molar-refractivity contribution in [2.45, 2.75) is 60.6 Å². The molecule has 1 N–H and O–H groups in total. The van der Waals surface area contributed by atoms with Crippen LogP contribution < -0.4 is 9.47 Å². The van der Waals surface area contributed by atoms with Crippen molar-refractivity contribution in [3.63, 3.8) is 0 Å². The molecule has 0 amide bonds. The van der Waals surface area contributed by atoms with Gasteiger partial charge in [0, 0.05) is 53.6 Å². The van der Waals surface area contributed by atoms with Crippen LogP contribution >= 0.6 is 0 Å². The highest BCUT2D eigenvalue weighted by molar-refractivity contribution is 5.87. The molecule has 228 valence electrons. The van der Waals surface area contributed by atoms with Gasteiger partial charge in [-0.1, -0.05) is 44.2 Å². The Balaban J connectivity index is 1.54. The summed E-state index contributed by atoms with van der Waals surface area (Å²) in [6, 6.07) is 22.5. The van der Waals surface area contributed by atoms with E-state index in [9.17, 15) is 9.90 Å². The smallest absolute Gasteiger partial charge is 0.309 e. The molecule has 5 rings (SSSR count). The van der Waals surface area contributed by atoms with E-state index < -0.39 is 11.4 Å². The SMILES string of the molecule is COc1ccc(-c2ccc(Cn3c(CC(C)(C)C(=O)O)c(CC(C)C)c4cc(OCc5ccc(C)cn5)ccc43)cc2)cn1. The number of fused-ring (bicyclic) bond motifs is 1. The van der Waals surface area contributed by atoms with Gasteiger partial charge in [-0.3, -0.25) is 9.78 Å². The molecule has 0 aliphatic carbocycles. The molecule has 44 heavy (non-hydrogen) atoms. The van der Waals surface area contributed by atoms with Gasteiger partial charge in [0.15, 0.2) is 0 Å². The zero-order valence-corrected chi connectivity index (χ0v) is 26.4. The minimum absolute atomic E-state index is 0.376. The van der Waals surface area contributed by atoms with Gasteiger partial charge in [-0.15, -0.1) is 0 Å². The molecule has 0 atom stereocenters. The molecular weight excluding hydrogens is 550 g/mol. The van der Waals surface area contributed by atoms with Gasteiger partial charge >= 0.3 is 5.97 Å². The summed E-state index contributed by atoms with van der Waals surface area (Å²) in [5, 5.41) is 11.2. The summed E-state index contributed by atoms with van der Waals surface area (Å²) in [4.78, 5) is 21.1. The maximum Gasteiger partial charge on any atom is 0.309 e. The predicted octanol–water partition coefficient (Wildman–Crippen LogP) is 7.89. The van der Waals surface area contributed by atoms with Gasteiger partial charge in [0.05, 0.1) is 18.2 Å². The van der Waals surface area contributed by atoms with Crippen LogP contribution in [0.5, 0.6) is 11.6 Å². The van der Waals surface area contributed by atoms with E-state index in [1.54, 1.807) is 21.0 Å². The number of hydrogen-bond acceptors (Lipinski definition) is 5. The number of carbonyl (C=O) groups is 1. The monoisotopic (exact) mass is 591 g/mol. The molecule has 0 radical (unpaired) electrons. The minimum Gasteiger partial charge on any atom is -0.487 e. The molecule has 3 heterocycles. The van der Waals surface area contributed by atoms with Crippen molar-refractivity contribution in [3.05, 3.63) is 107 Å². The molecule has 2 aromatic carbocycles. The summed E-state index contributed by atoms with van der Waals surface area (Å²) in [6.07, 6.45) is 4.91. The summed E-state index contributed by atoms with van der Waals surface area (Å²) in [5.74, 6) is 0.930. The van der Waals surface area contributed by atoms with E-state index in [-0.39, 0.29) is 0 Å². The highest BCUT2D eigenvalue weighted by Gasteiger charge is 2.31. The first-order valence-corrected chi connectivity index (χ1v) is 15.0. The molecule has 0 unspecified atom stereocenters. The number of aryl methyl sites for hydroxylation is 1. The Kier molecular flexibility index (Phi) is 9.04. The van der Waals surface area contributed by atoms with Crippen molar-refractivity contribution >= 4 is 16.9 Å². The maximum atomic E-state index is 12.3. The summed E-state index contributed by atoms with van der Waals surface area (Å²) in [5.41, 5.74) is 7.57. The van der Waals surface area contributed by atoms with Gasteiger partial charge in [0.2, 0.25) is 5.88 Å². The van der Waals surface area contributed by atoms with Crippen LogP contribution in [0, 0.1) is 18.3 Å². The van der Waals surface area contributed by atoms with Crippen LogP contribution in [0.3, 0.4) is 0 Å². The summed E-state index contributed by atoms with van der Waals surface area (Å²) < 4.78 is 13.7. The van der Waals surface area contributed by atoms with Crippen molar-refractivity contribution in [1.29, 1.82) is 0 Å². The molecule has 0 fully saturated rings. The average molecular weight is 592 g/mol. The maximum absolute atomic E-state index is 12.3. The first kappa shape index (κ1) is 30.8. The lowest BCUT2D eigenvalue weighted by molar-refractivity contribution is -0.146. The van der Waals surface area contributed by atoms with Crippen LogP contribution in [-0.4, -0.2) is 32.7 Å². The number of hydrogen-bond donors (Lipinski definition) is 1. The summed E-state index contributed by atoms with van der Waals surface area (Å²) >= 11 is 0. The Morgan fingerprint density at radius 2 is 1.70 bits per heavy atom. The fraction of sp³-hybridized carbons (Fsp3) is 0.324. The molecule has 0 bridgehead atoms. The normalized spacial score (nSPS) is 11.7. The first-order valence-electron chi connectivity index (χ1n) is 15.0. The number of aromatic nitrogens is 3. The zero-order chi connectivity index (χ0) is 31.4. The molecule has 0 saturated heterocycles. The second kappa shape index (κ2) is 12.9. The van der Waals surface area contributed by atoms with Gasteiger partial charge in [0.25, 0.3) is 0 Å². The third kappa shape index (κ3) is 6.94. The van der Waals surface area contributed by atoms with E-state index in [2.05, 4.69) is 64.8 Å². The molecule has 0 saturated carbocycles. The quantitative estimate of drug-likeness (QED) is 0.159. The van der Waals surface area contributed by atoms with E-state index in [0.29, 0.717) is 31.4 Å². The fourth-order valence-electron chi connectivity index (χ4n) is 5.46. The summed E-state index contributed by atoms with van der Waals surface area (Å²) in [6.45, 7) is 11.0. The number of pyridine rings is 2. The standard InChI is InChI=1S/C37H41N3O4/c1-24(2)17-31-32-18-30(44-23-29-13-7-25(3)20-38-29)14-15-33(32)40(34(31)19-37(4,5)36(41)42)22-26-8-10-27(11-9-26)28-12-16-35(43-6)39-21-28/h7-16,18,20-21,24H,17,19,22-23H2,1-6H3,(H,41,42).